The molecule has 8 heteroatoms. The van der Waals surface area contributed by atoms with Gasteiger partial charge in [0.2, 0.25) is 5.82 Å². The molecule has 1 N–H and O–H groups in total. The van der Waals surface area contributed by atoms with Crippen LogP contribution in [0.5, 0.6) is 0 Å². The molecule has 0 atom stereocenters. The Kier molecular flexibility index (Phi) is 4.63. The molecule has 0 bridgehead atoms. The molecular weight excluding hydrogens is 405 g/mol. The van der Waals surface area contributed by atoms with Crippen LogP contribution in [-0.4, -0.2) is 16.2 Å². The van der Waals surface area contributed by atoms with E-state index in [4.69, 9.17) is 27.8 Å². The van der Waals surface area contributed by atoms with Crippen LogP contribution in [0.4, 0.5) is 5.82 Å². The average Bonchev–Trinajstić information content (AvgIpc) is 3.22. The molecule has 0 fully saturated rings. The second-order valence-electron chi connectivity index (χ2n) is 6.09. The van der Waals surface area contributed by atoms with Crippen molar-refractivity contribution in [3.63, 3.8) is 0 Å². The number of aryl methyl sites for hydroxylation is 2. The number of halogens is 2. The molecule has 0 spiro atoms. The molecule has 0 saturated carbocycles. The van der Waals surface area contributed by atoms with Crippen molar-refractivity contribution in [2.75, 3.05) is 5.32 Å². The van der Waals surface area contributed by atoms with Crippen molar-refractivity contribution in [1.29, 1.82) is 0 Å². The monoisotopic (exact) mass is 417 g/mol. The zero-order valence-corrected chi connectivity index (χ0v) is 16.7. The number of hydrogen-bond acceptors (Lipinski definition) is 5. The quantitative estimate of drug-likeness (QED) is 0.435. The Labute approximate surface area is 168 Å². The van der Waals surface area contributed by atoms with E-state index in [1.54, 1.807) is 6.07 Å². The number of nitrogens with one attached hydrogen (secondary N) is 1. The first-order valence-corrected chi connectivity index (χ1v) is 9.61. The Bertz CT molecular complexity index is 1180. The number of fused-ring (bicyclic) bond motifs is 1. The molecule has 5 nitrogen and oxygen atoms in total. The lowest BCUT2D eigenvalue weighted by atomic mass is 10.0. The minimum atomic E-state index is -0.389. The van der Waals surface area contributed by atoms with Crippen molar-refractivity contribution in [3.05, 3.63) is 62.4 Å². The molecule has 0 aliphatic heterocycles. The van der Waals surface area contributed by atoms with Crippen LogP contribution in [0.2, 0.25) is 10.0 Å². The molecule has 1 amide bonds. The van der Waals surface area contributed by atoms with Gasteiger partial charge in [-0.15, -0.1) is 11.3 Å². The molecule has 27 heavy (non-hydrogen) atoms. The van der Waals surface area contributed by atoms with Crippen LogP contribution < -0.4 is 5.32 Å². The van der Waals surface area contributed by atoms with Gasteiger partial charge in [-0.25, -0.2) is 4.63 Å². The number of amides is 1. The number of rotatable bonds is 3. The number of carbonyl (C=O) groups excluding carboxylic acids is 1. The number of anilines is 1. The molecule has 2 aromatic heterocycles. The van der Waals surface area contributed by atoms with Gasteiger partial charge < -0.3 is 5.32 Å². The molecule has 0 saturated heterocycles. The first-order chi connectivity index (χ1) is 13.0. The second kappa shape index (κ2) is 6.96. The van der Waals surface area contributed by atoms with E-state index in [2.05, 4.69) is 15.6 Å². The van der Waals surface area contributed by atoms with Gasteiger partial charge in [0.15, 0.2) is 5.69 Å². The third kappa shape index (κ3) is 3.20. The van der Waals surface area contributed by atoms with E-state index < -0.39 is 0 Å². The van der Waals surface area contributed by atoms with Crippen molar-refractivity contribution in [2.24, 2.45) is 0 Å². The number of thiophene rings is 1. The first kappa shape index (κ1) is 18.0. The van der Waals surface area contributed by atoms with E-state index in [1.165, 1.54) is 11.3 Å². The summed E-state index contributed by atoms with van der Waals surface area (Å²) >= 11 is 13.9. The molecule has 0 aliphatic carbocycles. The lowest BCUT2D eigenvalue weighted by molar-refractivity contribution is 0.103. The highest BCUT2D eigenvalue weighted by molar-refractivity contribution is 7.21. The van der Waals surface area contributed by atoms with Gasteiger partial charge >= 0.3 is 0 Å². The molecule has 0 radical (unpaired) electrons. The van der Waals surface area contributed by atoms with E-state index in [-0.39, 0.29) is 11.7 Å². The number of aromatic nitrogens is 2. The maximum absolute atomic E-state index is 12.8. The van der Waals surface area contributed by atoms with Gasteiger partial charge in [0.05, 0.1) is 10.0 Å². The van der Waals surface area contributed by atoms with E-state index in [0.717, 1.165) is 21.4 Å². The van der Waals surface area contributed by atoms with E-state index >= 15 is 0 Å². The lowest BCUT2D eigenvalue weighted by Gasteiger charge is -2.06. The maximum Gasteiger partial charge on any atom is 0.268 e. The highest BCUT2D eigenvalue weighted by Crippen LogP contribution is 2.40. The largest absolute Gasteiger partial charge is 0.301 e. The van der Waals surface area contributed by atoms with Gasteiger partial charge in [0.1, 0.15) is 4.88 Å². The Morgan fingerprint density at radius 1 is 1.15 bits per heavy atom. The summed E-state index contributed by atoms with van der Waals surface area (Å²) in [6.45, 7) is 3.94. The number of carbonyl (C=O) groups is 1. The fourth-order valence-electron chi connectivity index (χ4n) is 2.82. The molecular formula is C19H13Cl2N3O2S. The average molecular weight is 418 g/mol. The maximum atomic E-state index is 12.8. The Hall–Kier alpha value is -2.41. The lowest BCUT2D eigenvalue weighted by Crippen LogP contribution is -2.11. The Morgan fingerprint density at radius 3 is 2.74 bits per heavy atom. The third-order valence-corrected chi connectivity index (χ3v) is 6.14. The molecule has 0 aliphatic rings. The summed E-state index contributed by atoms with van der Waals surface area (Å²) in [6.07, 6.45) is 0. The summed E-state index contributed by atoms with van der Waals surface area (Å²) in [5.41, 5.74) is 3.38. The Morgan fingerprint density at radius 2 is 1.96 bits per heavy atom. The molecule has 136 valence electrons. The van der Waals surface area contributed by atoms with Crippen molar-refractivity contribution >= 4 is 56.3 Å². The van der Waals surface area contributed by atoms with Crippen LogP contribution in [-0.2, 0) is 0 Å². The summed E-state index contributed by atoms with van der Waals surface area (Å²) in [7, 11) is 0. The standard InChI is InChI=1S/C19H13Cl2N3O2S/c1-9-6-7-10(2)11(8-9)16-18(24-26-23-16)22-19(25)17-15(21)14-12(20)4-3-5-13(14)27-17/h3-8H,1-2H3,(H,22,24,25). The van der Waals surface area contributed by atoms with Crippen LogP contribution >= 0.6 is 34.5 Å². The van der Waals surface area contributed by atoms with Gasteiger partial charge in [-0.05, 0) is 47.9 Å². The van der Waals surface area contributed by atoms with Crippen LogP contribution in [0.3, 0.4) is 0 Å². The molecule has 0 unspecified atom stereocenters. The van der Waals surface area contributed by atoms with Crippen LogP contribution in [0.25, 0.3) is 21.3 Å². The second-order valence-corrected chi connectivity index (χ2v) is 7.93. The van der Waals surface area contributed by atoms with Gasteiger partial charge in [-0.3, -0.25) is 4.79 Å². The summed E-state index contributed by atoms with van der Waals surface area (Å²) in [4.78, 5) is 13.2. The number of hydrogen-bond donors (Lipinski definition) is 1. The van der Waals surface area contributed by atoms with Gasteiger partial charge in [0.25, 0.3) is 5.91 Å². The predicted molar refractivity (Wildman–Crippen MR) is 109 cm³/mol. The fourth-order valence-corrected chi connectivity index (χ4v) is 4.67. The zero-order valence-electron chi connectivity index (χ0n) is 14.3. The number of benzene rings is 2. The SMILES string of the molecule is Cc1ccc(C)c(-c2nonc2NC(=O)c2sc3cccc(Cl)c3c2Cl)c1. The smallest absolute Gasteiger partial charge is 0.268 e. The fraction of sp³-hybridized carbons (Fsp3) is 0.105. The minimum absolute atomic E-state index is 0.244. The Balaban J connectivity index is 1.71. The normalized spacial score (nSPS) is 11.1. The summed E-state index contributed by atoms with van der Waals surface area (Å²) in [5, 5.41) is 12.1. The topological polar surface area (TPSA) is 68.0 Å². The molecule has 2 heterocycles. The highest BCUT2D eigenvalue weighted by atomic mass is 35.5. The van der Waals surface area contributed by atoms with Gasteiger partial charge in [-0.1, -0.05) is 47.0 Å². The predicted octanol–water partition coefficient (Wildman–Crippen LogP) is 6.13. The van der Waals surface area contributed by atoms with Crippen molar-refractivity contribution in [3.8, 4) is 11.3 Å². The van der Waals surface area contributed by atoms with Gasteiger partial charge in [-0.2, -0.15) is 0 Å². The van der Waals surface area contributed by atoms with Gasteiger partial charge in [0, 0.05) is 15.6 Å². The van der Waals surface area contributed by atoms with Crippen LogP contribution in [0.1, 0.15) is 20.8 Å². The van der Waals surface area contributed by atoms with Crippen molar-refractivity contribution in [2.45, 2.75) is 13.8 Å². The number of nitrogens with zero attached hydrogens (tertiary/aromatic N) is 2. The summed E-state index contributed by atoms with van der Waals surface area (Å²) in [5.74, 6) is -0.146. The molecule has 4 rings (SSSR count). The van der Waals surface area contributed by atoms with Crippen molar-refractivity contribution in [1.82, 2.24) is 10.3 Å². The third-order valence-electron chi connectivity index (χ3n) is 4.18. The zero-order chi connectivity index (χ0) is 19.1. The van der Waals surface area contributed by atoms with Crippen LogP contribution in [0.15, 0.2) is 41.0 Å². The summed E-state index contributed by atoms with van der Waals surface area (Å²) in [6, 6.07) is 11.4. The molecule has 4 aromatic rings. The van der Waals surface area contributed by atoms with E-state index in [9.17, 15) is 4.79 Å². The van der Waals surface area contributed by atoms with Crippen LogP contribution in [0, 0.1) is 13.8 Å². The first-order valence-electron chi connectivity index (χ1n) is 8.03. The van der Waals surface area contributed by atoms with E-state index in [1.807, 2.05) is 44.2 Å². The highest BCUT2D eigenvalue weighted by Gasteiger charge is 2.22. The summed E-state index contributed by atoms with van der Waals surface area (Å²) < 4.78 is 5.71. The van der Waals surface area contributed by atoms with Crippen molar-refractivity contribution < 1.29 is 9.42 Å². The molecule has 2 aromatic carbocycles. The minimum Gasteiger partial charge on any atom is -0.301 e. The van der Waals surface area contributed by atoms with E-state index in [0.29, 0.717) is 26.0 Å².